The molecule has 0 spiro atoms. The van der Waals surface area contributed by atoms with Crippen molar-refractivity contribution in [2.24, 2.45) is 0 Å². The minimum atomic E-state index is -0.205. The SMILES string of the molecule is Cc1cc(-c2cc(C(=O)N(C)C)no2)cc2c1C(=O)N(C(C)C)C2. The monoisotopic (exact) mass is 327 g/mol. The van der Waals surface area contributed by atoms with Crippen molar-refractivity contribution in [3.8, 4) is 11.3 Å². The van der Waals surface area contributed by atoms with Crippen LogP contribution in [0.4, 0.5) is 0 Å². The Morgan fingerprint density at radius 2 is 2.00 bits per heavy atom. The van der Waals surface area contributed by atoms with Crippen molar-refractivity contribution in [1.82, 2.24) is 15.0 Å². The zero-order valence-electron chi connectivity index (χ0n) is 14.6. The van der Waals surface area contributed by atoms with Crippen molar-refractivity contribution in [1.29, 1.82) is 0 Å². The van der Waals surface area contributed by atoms with E-state index in [0.717, 1.165) is 22.3 Å². The predicted octanol–water partition coefficient (Wildman–Crippen LogP) is 2.72. The largest absolute Gasteiger partial charge is 0.355 e. The van der Waals surface area contributed by atoms with Gasteiger partial charge < -0.3 is 14.3 Å². The average molecular weight is 327 g/mol. The number of aryl methyl sites for hydroxylation is 1. The van der Waals surface area contributed by atoms with Crippen LogP contribution in [0.25, 0.3) is 11.3 Å². The van der Waals surface area contributed by atoms with Gasteiger partial charge in [-0.3, -0.25) is 9.59 Å². The van der Waals surface area contributed by atoms with E-state index in [4.69, 9.17) is 4.52 Å². The third-order valence-corrected chi connectivity index (χ3v) is 4.28. The van der Waals surface area contributed by atoms with Crippen molar-refractivity contribution in [3.05, 3.63) is 40.6 Å². The summed E-state index contributed by atoms with van der Waals surface area (Å²) >= 11 is 0. The fourth-order valence-corrected chi connectivity index (χ4v) is 2.99. The van der Waals surface area contributed by atoms with Crippen molar-refractivity contribution in [3.63, 3.8) is 0 Å². The maximum absolute atomic E-state index is 12.5. The average Bonchev–Trinajstić information content (AvgIpc) is 3.11. The predicted molar refractivity (Wildman–Crippen MR) is 89.7 cm³/mol. The van der Waals surface area contributed by atoms with Gasteiger partial charge in [-0.15, -0.1) is 0 Å². The lowest BCUT2D eigenvalue weighted by molar-refractivity contribution is 0.0729. The summed E-state index contributed by atoms with van der Waals surface area (Å²) in [5.74, 6) is 0.399. The molecule has 126 valence electrons. The second-order valence-electron chi connectivity index (χ2n) is 6.63. The molecule has 0 saturated heterocycles. The second-order valence-corrected chi connectivity index (χ2v) is 6.63. The molecule has 6 heteroatoms. The molecule has 0 aliphatic carbocycles. The topological polar surface area (TPSA) is 66.7 Å². The summed E-state index contributed by atoms with van der Waals surface area (Å²) in [5, 5.41) is 3.85. The Labute approximate surface area is 141 Å². The fraction of sp³-hybridized carbons (Fsp3) is 0.389. The summed E-state index contributed by atoms with van der Waals surface area (Å²) < 4.78 is 5.34. The molecule has 0 atom stereocenters. The third kappa shape index (κ3) is 2.58. The maximum atomic E-state index is 12.5. The Bertz CT molecular complexity index is 821. The van der Waals surface area contributed by atoms with Gasteiger partial charge in [-0.25, -0.2) is 0 Å². The first-order valence-corrected chi connectivity index (χ1v) is 7.92. The van der Waals surface area contributed by atoms with E-state index in [1.54, 1.807) is 20.2 Å². The van der Waals surface area contributed by atoms with Crippen LogP contribution in [0.15, 0.2) is 22.7 Å². The Kier molecular flexibility index (Phi) is 3.91. The van der Waals surface area contributed by atoms with Crippen molar-refractivity contribution >= 4 is 11.8 Å². The Morgan fingerprint density at radius 1 is 1.29 bits per heavy atom. The number of hydrogen-bond acceptors (Lipinski definition) is 4. The van der Waals surface area contributed by atoms with Crippen LogP contribution >= 0.6 is 0 Å². The molecule has 0 bridgehead atoms. The molecule has 6 nitrogen and oxygen atoms in total. The number of benzene rings is 1. The number of carbonyl (C=O) groups excluding carboxylic acids is 2. The third-order valence-electron chi connectivity index (χ3n) is 4.28. The standard InChI is InChI=1S/C18H21N3O3/c1-10(2)21-9-13-7-12(6-11(3)16(13)18(21)23)15-8-14(19-24-15)17(22)20(4)5/h6-8,10H,9H2,1-5H3. The molecule has 3 rings (SSSR count). The van der Waals surface area contributed by atoms with E-state index in [1.807, 2.05) is 37.8 Å². The smallest absolute Gasteiger partial charge is 0.275 e. The lowest BCUT2D eigenvalue weighted by atomic mass is 9.99. The quantitative estimate of drug-likeness (QED) is 0.869. The van der Waals surface area contributed by atoms with Gasteiger partial charge in [0.1, 0.15) is 0 Å². The second kappa shape index (κ2) is 5.78. The van der Waals surface area contributed by atoms with Gasteiger partial charge in [0.15, 0.2) is 11.5 Å². The number of aromatic nitrogens is 1. The minimum Gasteiger partial charge on any atom is -0.355 e. The van der Waals surface area contributed by atoms with Crippen LogP contribution in [-0.2, 0) is 6.54 Å². The van der Waals surface area contributed by atoms with Gasteiger partial charge in [-0.2, -0.15) is 0 Å². The number of hydrogen-bond donors (Lipinski definition) is 0. The lowest BCUT2D eigenvalue weighted by Crippen LogP contribution is -2.30. The number of amides is 2. The van der Waals surface area contributed by atoms with Crippen LogP contribution in [0, 0.1) is 6.92 Å². The molecule has 0 saturated carbocycles. The zero-order valence-corrected chi connectivity index (χ0v) is 14.6. The molecular formula is C18H21N3O3. The van der Waals surface area contributed by atoms with Crippen molar-refractivity contribution < 1.29 is 14.1 Å². The first kappa shape index (κ1) is 16.2. The van der Waals surface area contributed by atoms with Crippen LogP contribution in [0.1, 0.15) is 45.8 Å². The van der Waals surface area contributed by atoms with E-state index < -0.39 is 0 Å². The molecule has 1 aliphatic heterocycles. The summed E-state index contributed by atoms with van der Waals surface area (Å²) in [6.07, 6.45) is 0. The highest BCUT2D eigenvalue weighted by molar-refractivity contribution is 6.00. The summed E-state index contributed by atoms with van der Waals surface area (Å²) in [6.45, 7) is 6.54. The fourth-order valence-electron chi connectivity index (χ4n) is 2.99. The molecule has 2 amide bonds. The van der Waals surface area contributed by atoms with Gasteiger partial charge in [0, 0.05) is 43.9 Å². The van der Waals surface area contributed by atoms with E-state index in [9.17, 15) is 9.59 Å². The molecule has 1 aromatic carbocycles. The Morgan fingerprint density at radius 3 is 2.62 bits per heavy atom. The van der Waals surface area contributed by atoms with Crippen molar-refractivity contribution in [2.75, 3.05) is 14.1 Å². The molecule has 24 heavy (non-hydrogen) atoms. The summed E-state index contributed by atoms with van der Waals surface area (Å²) in [6, 6.07) is 5.65. The highest BCUT2D eigenvalue weighted by Gasteiger charge is 2.31. The Balaban J connectivity index is 1.99. The van der Waals surface area contributed by atoms with Gasteiger partial charge >= 0.3 is 0 Å². The van der Waals surface area contributed by atoms with Crippen molar-refractivity contribution in [2.45, 2.75) is 33.4 Å². The first-order valence-electron chi connectivity index (χ1n) is 7.92. The minimum absolute atomic E-state index is 0.0742. The molecule has 2 heterocycles. The number of fused-ring (bicyclic) bond motifs is 1. The molecule has 0 N–H and O–H groups in total. The van der Waals surface area contributed by atoms with Crippen LogP contribution in [0.2, 0.25) is 0 Å². The van der Waals surface area contributed by atoms with Crippen LogP contribution in [0.5, 0.6) is 0 Å². The molecule has 0 fully saturated rings. The summed E-state index contributed by atoms with van der Waals surface area (Å²) in [5.41, 5.74) is 3.77. The van der Waals surface area contributed by atoms with E-state index in [0.29, 0.717) is 12.3 Å². The van der Waals surface area contributed by atoms with Gasteiger partial charge in [-0.1, -0.05) is 5.16 Å². The molecule has 2 aromatic rings. The molecule has 0 unspecified atom stereocenters. The van der Waals surface area contributed by atoms with Gasteiger partial charge in [0.25, 0.3) is 11.8 Å². The van der Waals surface area contributed by atoms with E-state index >= 15 is 0 Å². The van der Waals surface area contributed by atoms with Crippen LogP contribution in [0.3, 0.4) is 0 Å². The van der Waals surface area contributed by atoms with E-state index in [-0.39, 0.29) is 23.6 Å². The molecule has 0 radical (unpaired) electrons. The van der Waals surface area contributed by atoms with Crippen LogP contribution < -0.4 is 0 Å². The molecule has 1 aromatic heterocycles. The maximum Gasteiger partial charge on any atom is 0.275 e. The van der Waals surface area contributed by atoms with Gasteiger partial charge in [-0.05, 0) is 44.0 Å². The molecule has 1 aliphatic rings. The van der Waals surface area contributed by atoms with Gasteiger partial charge in [0.05, 0.1) is 0 Å². The van der Waals surface area contributed by atoms with E-state index in [1.165, 1.54) is 4.90 Å². The summed E-state index contributed by atoms with van der Waals surface area (Å²) in [7, 11) is 3.34. The molecular weight excluding hydrogens is 306 g/mol. The zero-order chi connectivity index (χ0) is 17.6. The highest BCUT2D eigenvalue weighted by atomic mass is 16.5. The lowest BCUT2D eigenvalue weighted by Gasteiger charge is -2.19. The first-order chi connectivity index (χ1) is 11.3. The number of carbonyl (C=O) groups is 2. The number of rotatable bonds is 3. The summed E-state index contributed by atoms with van der Waals surface area (Å²) in [4.78, 5) is 27.8. The van der Waals surface area contributed by atoms with Crippen LogP contribution in [-0.4, -0.2) is 46.9 Å². The van der Waals surface area contributed by atoms with Gasteiger partial charge in [0.2, 0.25) is 0 Å². The normalized spacial score (nSPS) is 13.6. The Hall–Kier alpha value is -2.63. The number of nitrogens with zero attached hydrogens (tertiary/aromatic N) is 3. The van der Waals surface area contributed by atoms with E-state index in [2.05, 4.69) is 5.16 Å². The highest BCUT2D eigenvalue weighted by Crippen LogP contribution is 2.32.